The van der Waals surface area contributed by atoms with Gasteiger partial charge in [0.05, 0.1) is 12.8 Å². The van der Waals surface area contributed by atoms with E-state index in [1.54, 1.807) is 37.3 Å². The Balaban J connectivity index is 2.08. The van der Waals surface area contributed by atoms with E-state index in [-0.39, 0.29) is 0 Å². The second kappa shape index (κ2) is 5.44. The SMILES string of the molecule is COc1ccc(N(C)c2cc3ccccc3oc2=O)cc1N. The van der Waals surface area contributed by atoms with E-state index in [2.05, 4.69) is 0 Å². The normalized spacial score (nSPS) is 10.6. The Bertz CT molecular complexity index is 886. The fourth-order valence-corrected chi connectivity index (χ4v) is 2.35. The molecule has 3 rings (SSSR count). The third kappa shape index (κ3) is 2.37. The number of ether oxygens (including phenoxy) is 1. The van der Waals surface area contributed by atoms with E-state index in [1.807, 2.05) is 30.3 Å². The standard InChI is InChI=1S/C17H16N2O3/c1-19(12-7-8-16(21-2)13(18)10-12)14-9-11-5-3-4-6-15(11)22-17(14)20/h3-10H,18H2,1-2H3. The third-order valence-corrected chi connectivity index (χ3v) is 3.58. The highest BCUT2D eigenvalue weighted by atomic mass is 16.5. The lowest BCUT2D eigenvalue weighted by Gasteiger charge is -2.19. The van der Waals surface area contributed by atoms with Crippen LogP contribution in [0.5, 0.6) is 5.75 Å². The molecule has 0 bridgehead atoms. The molecule has 1 aromatic heterocycles. The molecular weight excluding hydrogens is 280 g/mol. The van der Waals surface area contributed by atoms with E-state index >= 15 is 0 Å². The molecule has 0 aliphatic heterocycles. The van der Waals surface area contributed by atoms with Crippen molar-refractivity contribution < 1.29 is 9.15 Å². The Morgan fingerprint density at radius 3 is 2.64 bits per heavy atom. The Morgan fingerprint density at radius 2 is 1.91 bits per heavy atom. The lowest BCUT2D eigenvalue weighted by atomic mass is 10.2. The van der Waals surface area contributed by atoms with E-state index in [1.165, 1.54) is 0 Å². The zero-order valence-corrected chi connectivity index (χ0v) is 12.4. The number of hydrogen-bond donors (Lipinski definition) is 1. The predicted octanol–water partition coefficient (Wildman–Crippen LogP) is 3.15. The van der Waals surface area contributed by atoms with Crippen LogP contribution in [0.25, 0.3) is 11.0 Å². The Hall–Kier alpha value is -2.95. The number of hydrogen-bond acceptors (Lipinski definition) is 5. The van der Waals surface area contributed by atoms with Gasteiger partial charge in [-0.15, -0.1) is 0 Å². The van der Waals surface area contributed by atoms with Crippen molar-refractivity contribution in [1.82, 2.24) is 0 Å². The Morgan fingerprint density at radius 1 is 1.14 bits per heavy atom. The van der Waals surface area contributed by atoms with Crippen molar-refractivity contribution in [1.29, 1.82) is 0 Å². The molecule has 0 unspecified atom stereocenters. The minimum atomic E-state index is -0.393. The highest BCUT2D eigenvalue weighted by molar-refractivity contribution is 5.81. The Kier molecular flexibility index (Phi) is 3.47. The van der Waals surface area contributed by atoms with Crippen LogP contribution in [-0.4, -0.2) is 14.2 Å². The minimum Gasteiger partial charge on any atom is -0.495 e. The first-order chi connectivity index (χ1) is 10.6. The zero-order valence-electron chi connectivity index (χ0n) is 12.4. The molecule has 0 fully saturated rings. The average Bonchev–Trinajstić information content (AvgIpc) is 2.53. The molecule has 0 atom stereocenters. The summed E-state index contributed by atoms with van der Waals surface area (Å²) in [6.45, 7) is 0. The van der Waals surface area contributed by atoms with Gasteiger partial charge >= 0.3 is 5.63 Å². The van der Waals surface area contributed by atoms with Crippen LogP contribution in [0, 0.1) is 0 Å². The van der Waals surface area contributed by atoms with Gasteiger partial charge in [-0.1, -0.05) is 18.2 Å². The van der Waals surface area contributed by atoms with Gasteiger partial charge in [0.2, 0.25) is 0 Å². The van der Waals surface area contributed by atoms with Crippen LogP contribution >= 0.6 is 0 Å². The molecule has 0 radical (unpaired) electrons. The van der Waals surface area contributed by atoms with Crippen LogP contribution in [0.2, 0.25) is 0 Å². The summed E-state index contributed by atoms with van der Waals surface area (Å²) in [5.41, 5.74) is 7.84. The van der Waals surface area contributed by atoms with Gasteiger partial charge < -0.3 is 19.8 Å². The number of methoxy groups -OCH3 is 1. The number of para-hydroxylation sites is 1. The molecule has 5 nitrogen and oxygen atoms in total. The second-order valence-electron chi connectivity index (χ2n) is 4.94. The fraction of sp³-hybridized carbons (Fsp3) is 0.118. The first-order valence-corrected chi connectivity index (χ1v) is 6.80. The largest absolute Gasteiger partial charge is 0.495 e. The van der Waals surface area contributed by atoms with Gasteiger partial charge in [-0.3, -0.25) is 0 Å². The summed E-state index contributed by atoms with van der Waals surface area (Å²) in [7, 11) is 3.36. The molecule has 0 aliphatic carbocycles. The average molecular weight is 296 g/mol. The maximum Gasteiger partial charge on any atom is 0.360 e. The second-order valence-corrected chi connectivity index (χ2v) is 4.94. The fourth-order valence-electron chi connectivity index (χ4n) is 2.35. The summed E-state index contributed by atoms with van der Waals surface area (Å²) >= 11 is 0. The molecule has 112 valence electrons. The van der Waals surface area contributed by atoms with Crippen LogP contribution in [0.3, 0.4) is 0 Å². The maximum absolute atomic E-state index is 12.2. The summed E-state index contributed by atoms with van der Waals surface area (Å²) in [6, 6.07) is 14.6. The molecule has 3 aromatic rings. The molecule has 1 heterocycles. The monoisotopic (exact) mass is 296 g/mol. The van der Waals surface area contributed by atoms with Crippen molar-refractivity contribution in [2.45, 2.75) is 0 Å². The van der Waals surface area contributed by atoms with E-state index < -0.39 is 5.63 Å². The smallest absolute Gasteiger partial charge is 0.360 e. The quantitative estimate of drug-likeness (QED) is 0.594. The molecule has 22 heavy (non-hydrogen) atoms. The van der Waals surface area contributed by atoms with Crippen molar-refractivity contribution in [3.05, 3.63) is 59.0 Å². The van der Waals surface area contributed by atoms with Gasteiger partial charge in [-0.05, 0) is 30.3 Å². The van der Waals surface area contributed by atoms with Crippen molar-refractivity contribution >= 4 is 28.0 Å². The number of nitrogens with zero attached hydrogens (tertiary/aromatic N) is 1. The lowest BCUT2D eigenvalue weighted by molar-refractivity contribution is 0.417. The van der Waals surface area contributed by atoms with E-state index in [0.29, 0.717) is 22.7 Å². The molecular formula is C17H16N2O3. The van der Waals surface area contributed by atoms with E-state index in [9.17, 15) is 4.79 Å². The highest BCUT2D eigenvalue weighted by Crippen LogP contribution is 2.30. The zero-order chi connectivity index (χ0) is 15.7. The predicted molar refractivity (Wildman–Crippen MR) is 88.0 cm³/mol. The van der Waals surface area contributed by atoms with Crippen LogP contribution in [0.15, 0.2) is 57.7 Å². The molecule has 0 saturated carbocycles. The summed E-state index contributed by atoms with van der Waals surface area (Å²) in [5, 5.41) is 0.866. The van der Waals surface area contributed by atoms with Gasteiger partial charge in [0.15, 0.2) is 0 Å². The number of anilines is 3. The van der Waals surface area contributed by atoms with Gasteiger partial charge in [-0.2, -0.15) is 0 Å². The molecule has 0 amide bonds. The van der Waals surface area contributed by atoms with E-state index in [0.717, 1.165) is 11.1 Å². The molecule has 2 aromatic carbocycles. The molecule has 0 spiro atoms. The molecule has 2 N–H and O–H groups in total. The van der Waals surface area contributed by atoms with Gasteiger partial charge in [0, 0.05) is 18.1 Å². The van der Waals surface area contributed by atoms with Gasteiger partial charge in [0.1, 0.15) is 17.0 Å². The van der Waals surface area contributed by atoms with Crippen LogP contribution in [0.1, 0.15) is 0 Å². The van der Waals surface area contributed by atoms with Crippen molar-refractivity contribution in [2.75, 3.05) is 24.8 Å². The summed E-state index contributed by atoms with van der Waals surface area (Å²) < 4.78 is 10.5. The van der Waals surface area contributed by atoms with Gasteiger partial charge in [-0.25, -0.2) is 4.79 Å². The van der Waals surface area contributed by atoms with E-state index in [4.69, 9.17) is 14.9 Å². The van der Waals surface area contributed by atoms with Crippen LogP contribution in [-0.2, 0) is 0 Å². The number of fused-ring (bicyclic) bond motifs is 1. The minimum absolute atomic E-state index is 0.393. The van der Waals surface area contributed by atoms with Crippen LogP contribution in [0.4, 0.5) is 17.1 Å². The third-order valence-electron chi connectivity index (χ3n) is 3.58. The number of rotatable bonds is 3. The number of nitrogens with two attached hydrogens (primary N) is 1. The first-order valence-electron chi connectivity index (χ1n) is 6.80. The summed E-state index contributed by atoms with van der Waals surface area (Å²) in [5.74, 6) is 0.600. The maximum atomic E-state index is 12.2. The van der Waals surface area contributed by atoms with Crippen molar-refractivity contribution in [3.8, 4) is 5.75 Å². The number of benzene rings is 2. The topological polar surface area (TPSA) is 68.7 Å². The van der Waals surface area contributed by atoms with Crippen molar-refractivity contribution in [2.24, 2.45) is 0 Å². The molecule has 5 heteroatoms. The van der Waals surface area contributed by atoms with Gasteiger partial charge in [0.25, 0.3) is 0 Å². The highest BCUT2D eigenvalue weighted by Gasteiger charge is 2.12. The van der Waals surface area contributed by atoms with Crippen LogP contribution < -0.4 is 21.0 Å². The summed E-state index contributed by atoms with van der Waals surface area (Å²) in [6.07, 6.45) is 0. The summed E-state index contributed by atoms with van der Waals surface area (Å²) in [4.78, 5) is 13.9. The Labute approximate surface area is 127 Å². The van der Waals surface area contributed by atoms with Crippen molar-refractivity contribution in [3.63, 3.8) is 0 Å². The first kappa shape index (κ1) is 14.0. The lowest BCUT2D eigenvalue weighted by Crippen LogP contribution is -2.18. The number of nitrogen functional groups attached to an aromatic ring is 1. The molecule has 0 aliphatic rings. The molecule has 0 saturated heterocycles.